The average Bonchev–Trinajstić information content (AvgIpc) is 2.26. The molecule has 0 unspecified atom stereocenters. The van der Waals surface area contributed by atoms with E-state index in [2.05, 4.69) is 20.7 Å². The largest absolute Gasteiger partial charge is 0.396 e. The van der Waals surface area contributed by atoms with Crippen LogP contribution in [-0.2, 0) is 10.0 Å². The zero-order valence-electron chi connectivity index (χ0n) is 10.5. The number of nitrogens with one attached hydrogen (secondary N) is 1. The summed E-state index contributed by atoms with van der Waals surface area (Å²) in [6, 6.07) is 5.06. The molecule has 0 heterocycles. The van der Waals surface area contributed by atoms with E-state index < -0.39 is 10.0 Å². The Balaban J connectivity index is 2.80. The quantitative estimate of drug-likeness (QED) is 0.836. The molecule has 1 aromatic carbocycles. The fourth-order valence-electron chi connectivity index (χ4n) is 1.57. The number of aliphatic hydroxyl groups is 1. The lowest BCUT2D eigenvalue weighted by Crippen LogP contribution is -2.29. The van der Waals surface area contributed by atoms with Crippen LogP contribution >= 0.6 is 15.9 Å². The molecule has 1 atom stereocenters. The van der Waals surface area contributed by atoms with Gasteiger partial charge in [0.2, 0.25) is 10.0 Å². The molecule has 0 spiro atoms. The first-order chi connectivity index (χ1) is 8.36. The van der Waals surface area contributed by atoms with E-state index in [0.29, 0.717) is 23.4 Å². The van der Waals surface area contributed by atoms with Gasteiger partial charge in [0, 0.05) is 17.6 Å². The summed E-state index contributed by atoms with van der Waals surface area (Å²) in [4.78, 5) is 0.293. The molecule has 18 heavy (non-hydrogen) atoms. The van der Waals surface area contributed by atoms with Crippen molar-refractivity contribution in [3.63, 3.8) is 0 Å². The standard InChI is InChI=1S/C12H18BrNO3S/c1-9(5-6-15)8-14-18(16,17)12-4-3-11(13)7-10(12)2/h3-4,7,9,14-15H,5-6,8H2,1-2H3/t9-/m1/s1. The van der Waals surface area contributed by atoms with Gasteiger partial charge in [-0.15, -0.1) is 0 Å². The third-order valence-corrected chi connectivity index (χ3v) is 4.75. The molecular weight excluding hydrogens is 318 g/mol. The lowest BCUT2D eigenvalue weighted by Gasteiger charge is -2.13. The second-order valence-corrected chi connectivity index (χ2v) is 7.03. The van der Waals surface area contributed by atoms with Crippen molar-refractivity contribution in [1.29, 1.82) is 0 Å². The summed E-state index contributed by atoms with van der Waals surface area (Å²) in [6.45, 7) is 4.06. The van der Waals surface area contributed by atoms with Crippen LogP contribution in [0.2, 0.25) is 0 Å². The van der Waals surface area contributed by atoms with Gasteiger partial charge in [-0.1, -0.05) is 22.9 Å². The van der Waals surface area contributed by atoms with Gasteiger partial charge >= 0.3 is 0 Å². The van der Waals surface area contributed by atoms with Gasteiger partial charge in [0.25, 0.3) is 0 Å². The van der Waals surface area contributed by atoms with Crippen LogP contribution in [0.1, 0.15) is 18.9 Å². The number of benzene rings is 1. The minimum atomic E-state index is -3.47. The molecule has 0 aliphatic heterocycles. The maximum Gasteiger partial charge on any atom is 0.240 e. The van der Waals surface area contributed by atoms with Gasteiger partial charge in [0.05, 0.1) is 4.90 Å². The molecule has 102 valence electrons. The van der Waals surface area contributed by atoms with E-state index in [1.54, 1.807) is 25.1 Å². The van der Waals surface area contributed by atoms with Crippen LogP contribution in [0.25, 0.3) is 0 Å². The zero-order chi connectivity index (χ0) is 13.8. The number of hydrogen-bond donors (Lipinski definition) is 2. The van der Waals surface area contributed by atoms with Crippen LogP contribution < -0.4 is 4.72 Å². The highest BCUT2D eigenvalue weighted by atomic mass is 79.9. The average molecular weight is 336 g/mol. The molecule has 0 saturated carbocycles. The topological polar surface area (TPSA) is 66.4 Å². The van der Waals surface area contributed by atoms with Gasteiger partial charge in [-0.05, 0) is 43.0 Å². The fourth-order valence-corrected chi connectivity index (χ4v) is 3.43. The number of aryl methyl sites for hydroxylation is 1. The summed E-state index contributed by atoms with van der Waals surface area (Å²) in [5.41, 5.74) is 0.701. The molecule has 0 aliphatic rings. The van der Waals surface area contributed by atoms with Crippen molar-refractivity contribution in [3.8, 4) is 0 Å². The molecule has 1 rings (SSSR count). The molecule has 0 radical (unpaired) electrons. The van der Waals surface area contributed by atoms with Gasteiger partial charge in [0.1, 0.15) is 0 Å². The summed E-state index contributed by atoms with van der Waals surface area (Å²) in [5, 5.41) is 8.78. The van der Waals surface area contributed by atoms with E-state index in [0.717, 1.165) is 4.47 Å². The van der Waals surface area contributed by atoms with Crippen molar-refractivity contribution < 1.29 is 13.5 Å². The molecule has 0 saturated heterocycles. The van der Waals surface area contributed by atoms with Crippen molar-refractivity contribution in [1.82, 2.24) is 4.72 Å². The molecule has 2 N–H and O–H groups in total. The fraction of sp³-hybridized carbons (Fsp3) is 0.500. The Morgan fingerprint density at radius 1 is 1.44 bits per heavy atom. The first kappa shape index (κ1) is 15.6. The Labute approximate surface area is 117 Å². The lowest BCUT2D eigenvalue weighted by atomic mass is 10.1. The Kier molecular flexibility index (Phi) is 5.78. The Hall–Kier alpha value is -0.430. The minimum absolute atomic E-state index is 0.0696. The minimum Gasteiger partial charge on any atom is -0.396 e. The molecule has 0 aromatic heterocycles. The molecule has 4 nitrogen and oxygen atoms in total. The number of sulfonamides is 1. The zero-order valence-corrected chi connectivity index (χ0v) is 12.9. The van der Waals surface area contributed by atoms with E-state index in [1.807, 2.05) is 6.92 Å². The summed E-state index contributed by atoms with van der Waals surface area (Å²) < 4.78 is 27.6. The predicted molar refractivity (Wildman–Crippen MR) is 74.9 cm³/mol. The van der Waals surface area contributed by atoms with E-state index in [-0.39, 0.29) is 12.5 Å². The maximum atomic E-state index is 12.1. The van der Waals surface area contributed by atoms with Crippen LogP contribution in [0, 0.1) is 12.8 Å². The Bertz CT molecular complexity index is 502. The molecule has 6 heteroatoms. The number of hydrogen-bond acceptors (Lipinski definition) is 3. The highest BCUT2D eigenvalue weighted by Crippen LogP contribution is 2.20. The van der Waals surface area contributed by atoms with Gasteiger partial charge in [-0.2, -0.15) is 0 Å². The third kappa shape index (κ3) is 4.35. The van der Waals surface area contributed by atoms with E-state index in [4.69, 9.17) is 5.11 Å². The second kappa shape index (κ2) is 6.65. The SMILES string of the molecule is Cc1cc(Br)ccc1S(=O)(=O)NC[C@H](C)CCO. The van der Waals surface area contributed by atoms with Crippen molar-refractivity contribution in [2.24, 2.45) is 5.92 Å². The van der Waals surface area contributed by atoms with Gasteiger partial charge < -0.3 is 5.11 Å². The Morgan fingerprint density at radius 3 is 2.67 bits per heavy atom. The van der Waals surface area contributed by atoms with E-state index in [1.165, 1.54) is 0 Å². The molecule has 1 aromatic rings. The van der Waals surface area contributed by atoms with Crippen molar-refractivity contribution in [3.05, 3.63) is 28.2 Å². The van der Waals surface area contributed by atoms with Crippen molar-refractivity contribution in [2.75, 3.05) is 13.2 Å². The molecule has 0 aliphatic carbocycles. The summed E-state index contributed by atoms with van der Waals surface area (Å²) in [5.74, 6) is 0.112. The number of halogens is 1. The van der Waals surface area contributed by atoms with Crippen molar-refractivity contribution >= 4 is 26.0 Å². The van der Waals surface area contributed by atoms with Crippen LogP contribution in [0.15, 0.2) is 27.6 Å². The van der Waals surface area contributed by atoms with E-state index >= 15 is 0 Å². The number of aliphatic hydroxyl groups excluding tert-OH is 1. The smallest absolute Gasteiger partial charge is 0.240 e. The Morgan fingerprint density at radius 2 is 2.11 bits per heavy atom. The molecule has 0 fully saturated rings. The number of rotatable bonds is 6. The second-order valence-electron chi connectivity index (χ2n) is 4.38. The maximum absolute atomic E-state index is 12.1. The van der Waals surface area contributed by atoms with Gasteiger partial charge in [-0.3, -0.25) is 0 Å². The third-order valence-electron chi connectivity index (χ3n) is 2.67. The molecule has 0 bridgehead atoms. The normalized spacial score (nSPS) is 13.6. The lowest BCUT2D eigenvalue weighted by molar-refractivity contribution is 0.263. The van der Waals surface area contributed by atoms with Crippen LogP contribution in [0.3, 0.4) is 0 Å². The summed E-state index contributed by atoms with van der Waals surface area (Å²) in [7, 11) is -3.47. The van der Waals surface area contributed by atoms with Gasteiger partial charge in [-0.25, -0.2) is 13.1 Å². The van der Waals surface area contributed by atoms with E-state index in [9.17, 15) is 8.42 Å². The molecular formula is C12H18BrNO3S. The van der Waals surface area contributed by atoms with Crippen LogP contribution in [-0.4, -0.2) is 26.7 Å². The predicted octanol–water partition coefficient (Wildman–Crippen LogP) is 2.05. The highest BCUT2D eigenvalue weighted by Gasteiger charge is 2.17. The van der Waals surface area contributed by atoms with Crippen LogP contribution in [0.4, 0.5) is 0 Å². The molecule has 0 amide bonds. The van der Waals surface area contributed by atoms with Crippen LogP contribution in [0.5, 0.6) is 0 Å². The van der Waals surface area contributed by atoms with Gasteiger partial charge in [0.15, 0.2) is 0 Å². The first-order valence-corrected chi connectivity index (χ1v) is 8.01. The summed E-state index contributed by atoms with van der Waals surface area (Å²) in [6.07, 6.45) is 0.585. The van der Waals surface area contributed by atoms with Crippen molar-refractivity contribution in [2.45, 2.75) is 25.2 Å². The summed E-state index contributed by atoms with van der Waals surface area (Å²) >= 11 is 3.30. The highest BCUT2D eigenvalue weighted by molar-refractivity contribution is 9.10. The first-order valence-electron chi connectivity index (χ1n) is 5.73. The monoisotopic (exact) mass is 335 g/mol.